The molecule has 5 nitrogen and oxygen atoms in total. The largest absolute Gasteiger partial charge is 0.493 e. The molecule has 1 amide bonds. The highest BCUT2D eigenvalue weighted by Gasteiger charge is 2.25. The fourth-order valence-electron chi connectivity index (χ4n) is 4.15. The van der Waals surface area contributed by atoms with E-state index in [-0.39, 0.29) is 17.8 Å². The molecule has 3 rings (SSSR count). The Labute approximate surface area is 192 Å². The van der Waals surface area contributed by atoms with Gasteiger partial charge in [0, 0.05) is 5.70 Å². The molecule has 6 heteroatoms. The van der Waals surface area contributed by atoms with Crippen LogP contribution in [0.15, 0.2) is 30.0 Å². The Bertz CT molecular complexity index is 818. The summed E-state index contributed by atoms with van der Waals surface area (Å²) in [5.74, 6) is 1.58. The number of amides is 1. The number of ether oxygens (including phenoxy) is 2. The monoisotopic (exact) mass is 523 g/mol. The minimum absolute atomic E-state index is 0.133. The maximum absolute atomic E-state index is 12.2. The Morgan fingerprint density at radius 3 is 2.67 bits per heavy atom. The highest BCUT2D eigenvalue weighted by atomic mass is 127. The number of halogens is 1. The summed E-state index contributed by atoms with van der Waals surface area (Å²) in [6.07, 6.45) is 12.2. The number of nitrogens with one attached hydrogen (secondary N) is 1. The van der Waals surface area contributed by atoms with Crippen molar-refractivity contribution >= 4 is 40.4 Å². The number of allylic oxidation sites excluding steroid dienone is 1. The van der Waals surface area contributed by atoms with E-state index in [0.717, 1.165) is 21.5 Å². The lowest BCUT2D eigenvalue weighted by Gasteiger charge is -2.21. The van der Waals surface area contributed by atoms with Crippen molar-refractivity contribution in [2.45, 2.75) is 57.8 Å². The lowest BCUT2D eigenvalue weighted by Crippen LogP contribution is -2.34. The van der Waals surface area contributed by atoms with Gasteiger partial charge >= 0.3 is 0 Å². The lowest BCUT2D eigenvalue weighted by molar-refractivity contribution is -0.123. The molecular formula is C24H30INO4. The molecule has 1 heterocycles. The summed E-state index contributed by atoms with van der Waals surface area (Å²) in [7, 11) is 1.60. The molecular weight excluding hydrogens is 493 g/mol. The first-order valence-electron chi connectivity index (χ1n) is 10.7. The van der Waals surface area contributed by atoms with Gasteiger partial charge in [-0.15, -0.1) is 0 Å². The second-order valence-electron chi connectivity index (χ2n) is 8.10. The Balaban J connectivity index is 1.61. The summed E-state index contributed by atoms with van der Waals surface area (Å²) in [4.78, 5) is 24.3. The fourth-order valence-corrected chi connectivity index (χ4v) is 4.93. The normalized spacial score (nSPS) is 19.1. The summed E-state index contributed by atoms with van der Waals surface area (Å²) < 4.78 is 12.4. The zero-order valence-corrected chi connectivity index (χ0v) is 19.8. The van der Waals surface area contributed by atoms with E-state index in [1.807, 2.05) is 6.07 Å². The number of hydrogen-bond donors (Lipinski definition) is 1. The lowest BCUT2D eigenvalue weighted by atomic mass is 9.86. The average molecular weight is 523 g/mol. The van der Waals surface area contributed by atoms with Crippen LogP contribution >= 0.6 is 22.6 Å². The molecule has 2 aliphatic rings. The number of unbranched alkanes of at least 4 members (excludes halogenated alkanes) is 1. The number of rotatable bonds is 8. The van der Waals surface area contributed by atoms with Crippen molar-refractivity contribution < 1.29 is 19.1 Å². The maximum Gasteiger partial charge on any atom is 0.259 e. The van der Waals surface area contributed by atoms with Gasteiger partial charge in [-0.25, -0.2) is 0 Å². The smallest absolute Gasteiger partial charge is 0.259 e. The number of benzene rings is 1. The molecule has 2 fully saturated rings. The Hall–Kier alpha value is -1.83. The van der Waals surface area contributed by atoms with Gasteiger partial charge in [-0.1, -0.05) is 45.1 Å². The van der Waals surface area contributed by atoms with Crippen LogP contribution in [-0.2, 0) is 9.59 Å². The number of piperidine rings is 1. The molecule has 1 aliphatic carbocycles. The predicted molar refractivity (Wildman–Crippen MR) is 127 cm³/mol. The number of ketones is 1. The minimum Gasteiger partial charge on any atom is -0.493 e. The van der Waals surface area contributed by atoms with Gasteiger partial charge < -0.3 is 14.8 Å². The van der Waals surface area contributed by atoms with E-state index < -0.39 is 5.91 Å². The Morgan fingerprint density at radius 2 is 1.97 bits per heavy atom. The molecule has 1 N–H and O–H groups in total. The summed E-state index contributed by atoms with van der Waals surface area (Å²) in [5, 5.41) is 2.62. The standard InChI is InChI=1S/C24H30INO4/c1-16-12-21(27)19(24(28)26-16)13-18-14-20(25)23(22(15-18)29-2)30-11-7-6-10-17-8-4-3-5-9-17/h13-15,17H,1,3-12H2,2H3,(H,26,28)/b19-13+. The zero-order chi connectivity index (χ0) is 21.5. The summed E-state index contributed by atoms with van der Waals surface area (Å²) in [6, 6.07) is 3.70. The van der Waals surface area contributed by atoms with Crippen molar-refractivity contribution in [2.24, 2.45) is 5.92 Å². The van der Waals surface area contributed by atoms with Gasteiger partial charge in [-0.3, -0.25) is 9.59 Å². The van der Waals surface area contributed by atoms with E-state index in [9.17, 15) is 9.59 Å². The molecule has 1 aromatic rings. The van der Waals surface area contributed by atoms with E-state index in [1.165, 1.54) is 44.9 Å². The third-order valence-electron chi connectivity index (χ3n) is 5.75. The van der Waals surface area contributed by atoms with E-state index >= 15 is 0 Å². The van der Waals surface area contributed by atoms with Gasteiger partial charge in [-0.05, 0) is 65.1 Å². The molecule has 0 spiro atoms. The van der Waals surface area contributed by atoms with Crippen LogP contribution in [0.1, 0.15) is 63.4 Å². The van der Waals surface area contributed by atoms with Crippen molar-refractivity contribution in [3.05, 3.63) is 39.1 Å². The zero-order valence-electron chi connectivity index (χ0n) is 17.6. The molecule has 0 unspecified atom stereocenters. The number of methoxy groups -OCH3 is 1. The van der Waals surface area contributed by atoms with Gasteiger partial charge in [-0.2, -0.15) is 0 Å². The SMILES string of the molecule is C=C1CC(=O)/C(=C\c2cc(I)c(OCCCCC3CCCCC3)c(OC)c2)C(=O)N1. The van der Waals surface area contributed by atoms with Crippen LogP contribution in [0.4, 0.5) is 0 Å². The molecule has 1 saturated heterocycles. The van der Waals surface area contributed by atoms with Gasteiger partial charge in [0.1, 0.15) is 0 Å². The highest BCUT2D eigenvalue weighted by molar-refractivity contribution is 14.1. The third-order valence-corrected chi connectivity index (χ3v) is 6.55. The molecule has 1 aliphatic heterocycles. The van der Waals surface area contributed by atoms with Gasteiger partial charge in [0.05, 0.1) is 29.3 Å². The topological polar surface area (TPSA) is 64.6 Å². The van der Waals surface area contributed by atoms with Crippen LogP contribution < -0.4 is 14.8 Å². The highest BCUT2D eigenvalue weighted by Crippen LogP contribution is 2.35. The van der Waals surface area contributed by atoms with Crippen LogP contribution in [0, 0.1) is 9.49 Å². The van der Waals surface area contributed by atoms with Gasteiger partial charge in [0.25, 0.3) is 5.91 Å². The average Bonchev–Trinajstić information content (AvgIpc) is 2.72. The van der Waals surface area contributed by atoms with Gasteiger partial charge in [0.2, 0.25) is 0 Å². The maximum atomic E-state index is 12.2. The van der Waals surface area contributed by atoms with E-state index in [0.29, 0.717) is 23.8 Å². The van der Waals surface area contributed by atoms with Crippen molar-refractivity contribution in [3.63, 3.8) is 0 Å². The van der Waals surface area contributed by atoms with Crippen LogP contribution in [0.25, 0.3) is 6.08 Å². The number of carbonyl (C=O) groups excluding carboxylic acids is 2. The molecule has 0 atom stereocenters. The number of carbonyl (C=O) groups is 2. The predicted octanol–water partition coefficient (Wildman–Crippen LogP) is 5.42. The Morgan fingerprint density at radius 1 is 1.20 bits per heavy atom. The van der Waals surface area contributed by atoms with Crippen LogP contribution in [-0.4, -0.2) is 25.4 Å². The van der Waals surface area contributed by atoms with Crippen molar-refractivity contribution in [2.75, 3.05) is 13.7 Å². The van der Waals surface area contributed by atoms with Crippen LogP contribution in [0.2, 0.25) is 0 Å². The molecule has 0 aromatic heterocycles. The van der Waals surface area contributed by atoms with E-state index in [1.54, 1.807) is 19.3 Å². The Kier molecular flexibility index (Phi) is 8.36. The molecule has 0 radical (unpaired) electrons. The van der Waals surface area contributed by atoms with E-state index in [2.05, 4.69) is 34.5 Å². The molecule has 162 valence electrons. The number of Topliss-reactive ketones (excluding diaryl/α,β-unsaturated/α-hetero) is 1. The van der Waals surface area contributed by atoms with Crippen LogP contribution in [0.5, 0.6) is 11.5 Å². The molecule has 0 bridgehead atoms. The first-order valence-corrected chi connectivity index (χ1v) is 11.8. The van der Waals surface area contributed by atoms with Crippen LogP contribution in [0.3, 0.4) is 0 Å². The second kappa shape index (κ2) is 11.0. The van der Waals surface area contributed by atoms with Gasteiger partial charge in [0.15, 0.2) is 17.3 Å². The summed E-state index contributed by atoms with van der Waals surface area (Å²) in [6.45, 7) is 4.32. The van der Waals surface area contributed by atoms with Crippen molar-refractivity contribution in [1.82, 2.24) is 5.32 Å². The first-order chi connectivity index (χ1) is 14.5. The van der Waals surface area contributed by atoms with Crippen molar-refractivity contribution in [3.8, 4) is 11.5 Å². The fraction of sp³-hybridized carbons (Fsp3) is 0.500. The summed E-state index contributed by atoms with van der Waals surface area (Å²) >= 11 is 2.21. The molecule has 1 saturated carbocycles. The summed E-state index contributed by atoms with van der Waals surface area (Å²) in [5.41, 5.74) is 1.30. The second-order valence-corrected chi connectivity index (χ2v) is 9.26. The van der Waals surface area contributed by atoms with E-state index in [4.69, 9.17) is 9.47 Å². The molecule has 30 heavy (non-hydrogen) atoms. The quantitative estimate of drug-likeness (QED) is 0.214. The third kappa shape index (κ3) is 6.09. The van der Waals surface area contributed by atoms with Crippen molar-refractivity contribution in [1.29, 1.82) is 0 Å². The first kappa shape index (κ1) is 22.8. The molecule has 1 aromatic carbocycles. The number of hydrogen-bond acceptors (Lipinski definition) is 4. The minimum atomic E-state index is -0.413.